The normalized spacial score (nSPS) is 11.5. The summed E-state index contributed by atoms with van der Waals surface area (Å²) in [5.41, 5.74) is -0.462. The van der Waals surface area contributed by atoms with E-state index < -0.39 is 17.5 Å². The van der Waals surface area contributed by atoms with Crippen LogP contribution in [0.15, 0.2) is 36.4 Å². The molecule has 7 heteroatoms. The Morgan fingerprint density at radius 2 is 1.81 bits per heavy atom. The van der Waals surface area contributed by atoms with Gasteiger partial charge in [0, 0.05) is 11.6 Å². The van der Waals surface area contributed by atoms with E-state index in [0.717, 1.165) is 12.1 Å². The molecule has 0 aliphatic heterocycles. The Kier molecular flexibility index (Phi) is 4.54. The van der Waals surface area contributed by atoms with E-state index in [4.69, 9.17) is 27.9 Å². The second-order valence-electron chi connectivity index (χ2n) is 4.21. The zero-order valence-corrected chi connectivity index (χ0v) is 11.9. The lowest BCUT2D eigenvalue weighted by Crippen LogP contribution is -2.05. The van der Waals surface area contributed by atoms with E-state index in [1.54, 1.807) is 18.2 Å². The fourth-order valence-electron chi connectivity index (χ4n) is 1.65. The second-order valence-corrected chi connectivity index (χ2v) is 5.00. The molecule has 2 rings (SSSR count). The maximum Gasteiger partial charge on any atom is 0.416 e. The number of alkyl halides is 3. The molecule has 2 nitrogen and oxygen atoms in total. The molecule has 0 aromatic heterocycles. The summed E-state index contributed by atoms with van der Waals surface area (Å²) in [6, 6.07) is 7.40. The molecule has 2 aromatic carbocycles. The van der Waals surface area contributed by atoms with Crippen molar-refractivity contribution >= 4 is 23.2 Å². The van der Waals surface area contributed by atoms with Gasteiger partial charge in [0.25, 0.3) is 0 Å². The summed E-state index contributed by atoms with van der Waals surface area (Å²) < 4.78 is 43.1. The van der Waals surface area contributed by atoms with Crippen LogP contribution in [-0.4, -0.2) is 5.11 Å². The van der Waals surface area contributed by atoms with E-state index in [1.165, 1.54) is 0 Å². The topological polar surface area (TPSA) is 29.5 Å². The van der Waals surface area contributed by atoms with Crippen LogP contribution in [0.25, 0.3) is 0 Å². The summed E-state index contributed by atoms with van der Waals surface area (Å²) in [7, 11) is 0. The van der Waals surface area contributed by atoms with E-state index in [0.29, 0.717) is 16.7 Å². The molecule has 0 unspecified atom stereocenters. The molecule has 0 spiro atoms. The SMILES string of the molecule is Oc1cc(OCc2cccc(Cl)c2Cl)cc(C(F)(F)F)c1. The first kappa shape index (κ1) is 15.8. The molecule has 0 radical (unpaired) electrons. The smallest absolute Gasteiger partial charge is 0.416 e. The largest absolute Gasteiger partial charge is 0.508 e. The minimum atomic E-state index is -4.56. The van der Waals surface area contributed by atoms with E-state index in [1.807, 2.05) is 0 Å². The van der Waals surface area contributed by atoms with Crippen molar-refractivity contribution in [2.75, 3.05) is 0 Å². The van der Waals surface area contributed by atoms with Crippen LogP contribution in [-0.2, 0) is 12.8 Å². The highest BCUT2D eigenvalue weighted by Gasteiger charge is 2.31. The minimum Gasteiger partial charge on any atom is -0.508 e. The fraction of sp³-hybridized carbons (Fsp3) is 0.143. The number of ether oxygens (including phenoxy) is 1. The summed E-state index contributed by atoms with van der Waals surface area (Å²) in [5.74, 6) is -0.643. The third-order valence-corrected chi connectivity index (χ3v) is 3.50. The first-order chi connectivity index (χ1) is 9.77. The van der Waals surface area contributed by atoms with Crippen LogP contribution in [0.4, 0.5) is 13.2 Å². The Morgan fingerprint density at radius 3 is 2.48 bits per heavy atom. The molecule has 0 aliphatic carbocycles. The highest BCUT2D eigenvalue weighted by Crippen LogP contribution is 2.35. The van der Waals surface area contributed by atoms with Crippen LogP contribution in [0.5, 0.6) is 11.5 Å². The maximum absolute atomic E-state index is 12.6. The van der Waals surface area contributed by atoms with Crippen LogP contribution in [0.1, 0.15) is 11.1 Å². The van der Waals surface area contributed by atoms with Gasteiger partial charge in [-0.1, -0.05) is 35.3 Å². The molecule has 2 aromatic rings. The average Bonchev–Trinajstić information content (AvgIpc) is 2.39. The highest BCUT2D eigenvalue weighted by atomic mass is 35.5. The van der Waals surface area contributed by atoms with Crippen LogP contribution >= 0.6 is 23.2 Å². The lowest BCUT2D eigenvalue weighted by Gasteiger charge is -2.12. The zero-order chi connectivity index (χ0) is 15.6. The number of phenolic OH excluding ortho intramolecular Hbond substituents is 1. The van der Waals surface area contributed by atoms with Gasteiger partial charge in [0.1, 0.15) is 18.1 Å². The van der Waals surface area contributed by atoms with Gasteiger partial charge in [0.15, 0.2) is 0 Å². The zero-order valence-electron chi connectivity index (χ0n) is 10.4. The Hall–Kier alpha value is -1.59. The molecule has 0 heterocycles. The van der Waals surface area contributed by atoms with Gasteiger partial charge >= 0.3 is 6.18 Å². The molecule has 0 atom stereocenters. The van der Waals surface area contributed by atoms with E-state index in [9.17, 15) is 18.3 Å². The van der Waals surface area contributed by atoms with Gasteiger partial charge in [0.05, 0.1) is 15.6 Å². The van der Waals surface area contributed by atoms with Crippen molar-refractivity contribution in [2.45, 2.75) is 12.8 Å². The first-order valence-corrected chi connectivity index (χ1v) is 6.50. The quantitative estimate of drug-likeness (QED) is 0.824. The molecule has 112 valence electrons. The summed E-state index contributed by atoms with van der Waals surface area (Å²) in [5, 5.41) is 9.92. The van der Waals surface area contributed by atoms with Crippen molar-refractivity contribution in [3.8, 4) is 11.5 Å². The number of benzene rings is 2. The van der Waals surface area contributed by atoms with E-state index >= 15 is 0 Å². The van der Waals surface area contributed by atoms with Crippen molar-refractivity contribution in [2.24, 2.45) is 0 Å². The second kappa shape index (κ2) is 6.03. The third kappa shape index (κ3) is 3.95. The lowest BCUT2D eigenvalue weighted by atomic mass is 10.2. The number of hydrogen-bond donors (Lipinski definition) is 1. The number of aromatic hydroxyl groups is 1. The number of phenols is 1. The number of halogens is 5. The standard InChI is InChI=1S/C14H9Cl2F3O2/c15-12-3-1-2-8(13(12)16)7-21-11-5-9(14(17,18)19)4-10(20)6-11/h1-6,20H,7H2. The van der Waals surface area contributed by atoms with Crippen molar-refractivity contribution in [1.82, 2.24) is 0 Å². The van der Waals surface area contributed by atoms with Gasteiger partial charge in [-0.25, -0.2) is 0 Å². The van der Waals surface area contributed by atoms with Crippen LogP contribution < -0.4 is 4.74 Å². The van der Waals surface area contributed by atoms with Gasteiger partial charge < -0.3 is 9.84 Å². The van der Waals surface area contributed by atoms with Crippen molar-refractivity contribution in [3.05, 3.63) is 57.6 Å². The molecule has 1 N–H and O–H groups in total. The molecule has 21 heavy (non-hydrogen) atoms. The Bertz CT molecular complexity index is 657. The Morgan fingerprint density at radius 1 is 1.10 bits per heavy atom. The molecule has 0 bridgehead atoms. The van der Waals surface area contributed by atoms with Crippen LogP contribution in [0, 0.1) is 0 Å². The maximum atomic E-state index is 12.6. The van der Waals surface area contributed by atoms with Gasteiger partial charge in [0.2, 0.25) is 0 Å². The fourth-order valence-corrected chi connectivity index (χ4v) is 2.03. The van der Waals surface area contributed by atoms with Gasteiger partial charge in [-0.2, -0.15) is 13.2 Å². The van der Waals surface area contributed by atoms with Gasteiger partial charge in [-0.05, 0) is 18.2 Å². The Balaban J connectivity index is 2.21. The molecule has 0 saturated carbocycles. The van der Waals surface area contributed by atoms with Gasteiger partial charge in [-0.15, -0.1) is 0 Å². The summed E-state index contributed by atoms with van der Waals surface area (Å²) >= 11 is 11.8. The van der Waals surface area contributed by atoms with Crippen molar-refractivity contribution in [3.63, 3.8) is 0 Å². The number of rotatable bonds is 3. The number of hydrogen-bond acceptors (Lipinski definition) is 2. The summed E-state index contributed by atoms with van der Waals surface area (Å²) in [6.07, 6.45) is -4.56. The molecule has 0 amide bonds. The lowest BCUT2D eigenvalue weighted by molar-refractivity contribution is -0.137. The average molecular weight is 337 g/mol. The van der Waals surface area contributed by atoms with Crippen LogP contribution in [0.3, 0.4) is 0 Å². The van der Waals surface area contributed by atoms with E-state index in [2.05, 4.69) is 0 Å². The summed E-state index contributed by atoms with van der Waals surface area (Å²) in [4.78, 5) is 0. The third-order valence-electron chi connectivity index (χ3n) is 2.64. The summed E-state index contributed by atoms with van der Waals surface area (Å²) in [6.45, 7) is -0.0693. The van der Waals surface area contributed by atoms with Crippen molar-refractivity contribution < 1.29 is 23.0 Å². The highest BCUT2D eigenvalue weighted by molar-refractivity contribution is 6.42. The molecular formula is C14H9Cl2F3O2. The monoisotopic (exact) mass is 336 g/mol. The van der Waals surface area contributed by atoms with Crippen molar-refractivity contribution in [1.29, 1.82) is 0 Å². The minimum absolute atomic E-state index is 0.0693. The first-order valence-electron chi connectivity index (χ1n) is 5.74. The van der Waals surface area contributed by atoms with E-state index in [-0.39, 0.29) is 17.4 Å². The predicted molar refractivity (Wildman–Crippen MR) is 73.9 cm³/mol. The predicted octanol–water partition coefficient (Wildman–Crippen LogP) is 5.30. The molecule has 0 aliphatic rings. The Labute approximate surface area is 128 Å². The van der Waals surface area contributed by atoms with Crippen LogP contribution in [0.2, 0.25) is 10.0 Å². The molecule has 0 saturated heterocycles. The van der Waals surface area contributed by atoms with Gasteiger partial charge in [-0.3, -0.25) is 0 Å². The molecular weight excluding hydrogens is 328 g/mol. The molecule has 0 fully saturated rings.